The monoisotopic (exact) mass is 527 g/mol. The predicted molar refractivity (Wildman–Crippen MR) is 150 cm³/mol. The van der Waals surface area contributed by atoms with Crippen LogP contribution in [0.1, 0.15) is 68.8 Å². The lowest BCUT2D eigenvalue weighted by atomic mass is 9.85. The third-order valence-electron chi connectivity index (χ3n) is 7.30. The van der Waals surface area contributed by atoms with Crippen LogP contribution in [-0.2, 0) is 15.0 Å². The van der Waals surface area contributed by atoms with Crippen LogP contribution >= 0.6 is 0 Å². The number of hydrogen-bond acceptors (Lipinski definition) is 6. The van der Waals surface area contributed by atoms with E-state index in [2.05, 4.69) is 20.8 Å². The average Bonchev–Trinajstić information content (AvgIpc) is 3.49. The molecule has 2 heterocycles. The van der Waals surface area contributed by atoms with Crippen LogP contribution in [0.3, 0.4) is 0 Å². The summed E-state index contributed by atoms with van der Waals surface area (Å²) in [4.78, 5) is 28.6. The number of nitrogens with zero attached hydrogens (tertiary/aromatic N) is 1. The topological polar surface area (TPSA) is 85.3 Å². The molecule has 1 saturated heterocycles. The van der Waals surface area contributed by atoms with Gasteiger partial charge in [-0.2, -0.15) is 0 Å². The van der Waals surface area contributed by atoms with Crippen molar-refractivity contribution >= 4 is 23.1 Å². The molecule has 1 amide bonds. The smallest absolute Gasteiger partial charge is 0.300 e. The maximum atomic E-state index is 13.6. The number of ether oxygens (including phenoxy) is 3. The Hall–Kier alpha value is -4.26. The minimum absolute atomic E-state index is 0.0287. The largest absolute Gasteiger partial charge is 0.507 e. The third-order valence-corrected chi connectivity index (χ3v) is 7.30. The number of fused-ring (bicyclic) bond motifs is 1. The Morgan fingerprint density at radius 1 is 0.974 bits per heavy atom. The lowest BCUT2D eigenvalue weighted by Crippen LogP contribution is -2.29. The number of hydrogen-bond donors (Lipinski definition) is 1. The molecule has 7 heteroatoms. The summed E-state index contributed by atoms with van der Waals surface area (Å²) in [5.41, 5.74) is 3.58. The number of rotatable bonds is 5. The molecule has 1 atom stereocenters. The number of amides is 1. The van der Waals surface area contributed by atoms with Crippen molar-refractivity contribution in [2.75, 3.05) is 18.8 Å². The van der Waals surface area contributed by atoms with Crippen molar-refractivity contribution < 1.29 is 28.9 Å². The molecular formula is C32H33NO6. The summed E-state index contributed by atoms with van der Waals surface area (Å²) in [6, 6.07) is 17.4. The van der Waals surface area contributed by atoms with Crippen molar-refractivity contribution in [3.05, 3.63) is 88.5 Å². The summed E-state index contributed by atoms with van der Waals surface area (Å²) >= 11 is 0. The molecule has 7 nitrogen and oxygen atoms in total. The molecule has 1 N–H and O–H groups in total. The van der Waals surface area contributed by atoms with E-state index in [1.54, 1.807) is 37.4 Å². The van der Waals surface area contributed by atoms with E-state index in [1.807, 2.05) is 44.2 Å². The summed E-state index contributed by atoms with van der Waals surface area (Å²) in [5.74, 6) is 0.163. The zero-order valence-corrected chi connectivity index (χ0v) is 23.1. The maximum absolute atomic E-state index is 13.6. The van der Waals surface area contributed by atoms with Gasteiger partial charge in [-0.05, 0) is 58.4 Å². The van der Waals surface area contributed by atoms with Gasteiger partial charge in [0.05, 0.1) is 18.7 Å². The fourth-order valence-corrected chi connectivity index (χ4v) is 5.10. The number of ketones is 1. The fourth-order valence-electron chi connectivity index (χ4n) is 5.10. The van der Waals surface area contributed by atoms with Crippen LogP contribution in [-0.4, -0.2) is 30.7 Å². The number of carbonyl (C=O) groups excluding carboxylic acids is 2. The second-order valence-corrected chi connectivity index (χ2v) is 11.2. The standard InChI is InChI=1S/C32H33NO6/c1-18(2)23-15-20(9-13-24(23)37-6)29(34)27-28(19-7-10-21(11-8-19)32(3,4)5)33(31(36)30(27)35)22-12-14-25-26(16-22)39-17-38-25/h7-16,18,28,34H,17H2,1-6H3/b29-27+. The minimum atomic E-state index is -0.844. The molecule has 0 radical (unpaired) electrons. The minimum Gasteiger partial charge on any atom is -0.507 e. The number of carbonyl (C=O) groups is 2. The number of aliphatic hydroxyl groups excluding tert-OH is 1. The summed E-state index contributed by atoms with van der Waals surface area (Å²) in [7, 11) is 1.60. The highest BCUT2D eigenvalue weighted by molar-refractivity contribution is 6.51. The van der Waals surface area contributed by atoms with E-state index >= 15 is 0 Å². The molecule has 5 rings (SSSR count). The SMILES string of the molecule is COc1ccc(/C(O)=C2\C(=O)C(=O)N(c3ccc4c(c3)OCO4)C2c2ccc(C(C)(C)C)cc2)cc1C(C)C. The molecule has 39 heavy (non-hydrogen) atoms. The van der Waals surface area contributed by atoms with Gasteiger partial charge >= 0.3 is 0 Å². The Morgan fingerprint density at radius 3 is 2.31 bits per heavy atom. The van der Waals surface area contributed by atoms with E-state index in [4.69, 9.17) is 14.2 Å². The van der Waals surface area contributed by atoms with Crippen molar-refractivity contribution in [3.8, 4) is 17.2 Å². The lowest BCUT2D eigenvalue weighted by Gasteiger charge is -2.27. The van der Waals surface area contributed by atoms with E-state index in [9.17, 15) is 14.7 Å². The van der Waals surface area contributed by atoms with Crippen molar-refractivity contribution in [3.63, 3.8) is 0 Å². The van der Waals surface area contributed by atoms with Crippen molar-refractivity contribution in [2.24, 2.45) is 0 Å². The molecule has 1 fully saturated rings. The lowest BCUT2D eigenvalue weighted by molar-refractivity contribution is -0.132. The van der Waals surface area contributed by atoms with Crippen LogP contribution in [0.2, 0.25) is 0 Å². The van der Waals surface area contributed by atoms with Crippen molar-refractivity contribution in [2.45, 2.75) is 52.0 Å². The van der Waals surface area contributed by atoms with Gasteiger partial charge < -0.3 is 19.3 Å². The van der Waals surface area contributed by atoms with E-state index < -0.39 is 17.7 Å². The molecule has 2 aliphatic rings. The normalized spacial score (nSPS) is 18.2. The molecule has 0 aliphatic carbocycles. The Balaban J connectivity index is 1.70. The summed E-state index contributed by atoms with van der Waals surface area (Å²) < 4.78 is 16.5. The molecule has 0 bridgehead atoms. The molecule has 3 aromatic carbocycles. The highest BCUT2D eigenvalue weighted by atomic mass is 16.7. The number of Topliss-reactive ketones (excluding diaryl/α,β-unsaturated/α-hetero) is 1. The van der Waals surface area contributed by atoms with Gasteiger partial charge in [-0.15, -0.1) is 0 Å². The molecule has 3 aromatic rings. The predicted octanol–water partition coefficient (Wildman–Crippen LogP) is 6.47. The number of anilines is 1. The summed E-state index contributed by atoms with van der Waals surface area (Å²) in [6.45, 7) is 10.5. The van der Waals surface area contributed by atoms with E-state index in [0.29, 0.717) is 34.1 Å². The Bertz CT molecular complexity index is 1480. The van der Waals surface area contributed by atoms with Crippen molar-refractivity contribution in [1.29, 1.82) is 0 Å². The summed E-state index contributed by atoms with van der Waals surface area (Å²) in [5, 5.41) is 11.6. The number of benzene rings is 3. The van der Waals surface area contributed by atoms with Crippen LogP contribution in [0, 0.1) is 0 Å². The van der Waals surface area contributed by atoms with Crippen LogP contribution in [0.25, 0.3) is 5.76 Å². The second kappa shape index (κ2) is 9.80. The van der Waals surface area contributed by atoms with Gasteiger partial charge in [0.25, 0.3) is 11.7 Å². The fraction of sp³-hybridized carbons (Fsp3) is 0.312. The van der Waals surface area contributed by atoms with Gasteiger partial charge in [-0.25, -0.2) is 0 Å². The zero-order valence-electron chi connectivity index (χ0n) is 23.1. The molecule has 0 saturated carbocycles. The first-order valence-electron chi connectivity index (χ1n) is 13.0. The van der Waals surface area contributed by atoms with Gasteiger partial charge in [-0.3, -0.25) is 14.5 Å². The molecule has 202 valence electrons. The summed E-state index contributed by atoms with van der Waals surface area (Å²) in [6.07, 6.45) is 0. The van der Waals surface area contributed by atoms with Crippen LogP contribution in [0.15, 0.2) is 66.2 Å². The Labute approximate surface area is 228 Å². The molecule has 0 aromatic heterocycles. The van der Waals surface area contributed by atoms with Gasteiger partial charge in [-0.1, -0.05) is 58.9 Å². The second-order valence-electron chi connectivity index (χ2n) is 11.2. The first-order valence-corrected chi connectivity index (χ1v) is 13.0. The van der Waals surface area contributed by atoms with Gasteiger partial charge in [0.1, 0.15) is 11.5 Å². The Morgan fingerprint density at radius 2 is 1.67 bits per heavy atom. The van der Waals surface area contributed by atoms with Gasteiger partial charge in [0, 0.05) is 17.3 Å². The highest BCUT2D eigenvalue weighted by Gasteiger charge is 2.47. The van der Waals surface area contributed by atoms with E-state index in [0.717, 1.165) is 11.1 Å². The quantitative estimate of drug-likeness (QED) is 0.233. The molecule has 1 unspecified atom stereocenters. The highest BCUT2D eigenvalue weighted by Crippen LogP contribution is 2.45. The molecule has 2 aliphatic heterocycles. The van der Waals surface area contributed by atoms with Crippen LogP contribution in [0.4, 0.5) is 5.69 Å². The van der Waals surface area contributed by atoms with E-state index in [-0.39, 0.29) is 29.5 Å². The van der Waals surface area contributed by atoms with Crippen LogP contribution < -0.4 is 19.1 Å². The number of methoxy groups -OCH3 is 1. The maximum Gasteiger partial charge on any atom is 0.300 e. The third kappa shape index (κ3) is 4.62. The van der Waals surface area contributed by atoms with Gasteiger partial charge in [0.2, 0.25) is 6.79 Å². The molecular weight excluding hydrogens is 494 g/mol. The molecule has 0 spiro atoms. The first kappa shape index (κ1) is 26.4. The first-order chi connectivity index (χ1) is 18.5. The van der Waals surface area contributed by atoms with Crippen molar-refractivity contribution in [1.82, 2.24) is 0 Å². The Kier molecular flexibility index (Phi) is 6.62. The number of aliphatic hydroxyl groups is 1. The zero-order chi connectivity index (χ0) is 28.1. The van der Waals surface area contributed by atoms with E-state index in [1.165, 1.54) is 4.90 Å². The average molecular weight is 528 g/mol. The van der Waals surface area contributed by atoms with Crippen LogP contribution in [0.5, 0.6) is 17.2 Å². The van der Waals surface area contributed by atoms with Gasteiger partial charge in [0.15, 0.2) is 11.5 Å².